The van der Waals surface area contributed by atoms with Crippen LogP contribution in [-0.2, 0) is 11.0 Å². The van der Waals surface area contributed by atoms with Crippen LogP contribution in [0.5, 0.6) is 17.2 Å². The monoisotopic (exact) mass is 457 g/mol. The van der Waals surface area contributed by atoms with Crippen molar-refractivity contribution in [3.8, 4) is 28.5 Å². The first-order valence-corrected chi connectivity index (χ1v) is 9.80. The minimum atomic E-state index is -4.41. The van der Waals surface area contributed by atoms with Crippen molar-refractivity contribution in [3.63, 3.8) is 0 Å². The summed E-state index contributed by atoms with van der Waals surface area (Å²) >= 11 is 0. The molecule has 0 radical (unpaired) electrons. The van der Waals surface area contributed by atoms with E-state index >= 15 is 0 Å². The summed E-state index contributed by atoms with van der Waals surface area (Å²) in [6.07, 6.45) is -4.41. The lowest BCUT2D eigenvalue weighted by Crippen LogP contribution is -2.37. The SMILES string of the molecule is CC(C)(Oc1ccc(Oc2ccc3c(-c4ccc(C(F)(F)F)cc4)noc3c2)cc1)C(=O)O. The molecule has 6 nitrogen and oxygen atoms in total. The smallest absolute Gasteiger partial charge is 0.416 e. The molecule has 1 aromatic heterocycles. The minimum absolute atomic E-state index is 0.377. The van der Waals surface area contributed by atoms with Gasteiger partial charge < -0.3 is 19.1 Å². The predicted octanol–water partition coefficient (Wildman–Crippen LogP) is 6.55. The minimum Gasteiger partial charge on any atom is -0.478 e. The Morgan fingerprint density at radius 2 is 1.52 bits per heavy atom. The van der Waals surface area contributed by atoms with Gasteiger partial charge in [-0.3, -0.25) is 0 Å². The van der Waals surface area contributed by atoms with Crippen LogP contribution in [0.2, 0.25) is 0 Å². The molecule has 0 saturated heterocycles. The first kappa shape index (κ1) is 22.2. The number of aromatic nitrogens is 1. The molecular formula is C24H18F3NO5. The van der Waals surface area contributed by atoms with E-state index in [0.29, 0.717) is 39.5 Å². The number of rotatable bonds is 6. The molecule has 0 amide bonds. The lowest BCUT2D eigenvalue weighted by atomic mass is 10.1. The van der Waals surface area contributed by atoms with Crippen molar-refractivity contribution < 1.29 is 37.1 Å². The number of carbonyl (C=O) groups is 1. The van der Waals surface area contributed by atoms with Gasteiger partial charge in [0.2, 0.25) is 0 Å². The molecule has 4 rings (SSSR count). The van der Waals surface area contributed by atoms with Gasteiger partial charge in [0, 0.05) is 17.0 Å². The molecule has 0 fully saturated rings. The van der Waals surface area contributed by atoms with Crippen LogP contribution in [-0.4, -0.2) is 21.8 Å². The van der Waals surface area contributed by atoms with Crippen molar-refractivity contribution in [1.82, 2.24) is 5.16 Å². The zero-order valence-electron chi connectivity index (χ0n) is 17.5. The van der Waals surface area contributed by atoms with Gasteiger partial charge in [-0.25, -0.2) is 4.79 Å². The first-order chi connectivity index (χ1) is 15.5. The van der Waals surface area contributed by atoms with E-state index in [1.165, 1.54) is 26.0 Å². The lowest BCUT2D eigenvalue weighted by molar-refractivity contribution is -0.152. The van der Waals surface area contributed by atoms with Crippen molar-refractivity contribution >= 4 is 16.9 Å². The van der Waals surface area contributed by atoms with Gasteiger partial charge in [0.25, 0.3) is 0 Å². The maximum absolute atomic E-state index is 12.8. The van der Waals surface area contributed by atoms with Gasteiger partial charge in [-0.2, -0.15) is 13.2 Å². The number of carboxylic acid groups (broad SMARTS) is 1. The number of ether oxygens (including phenoxy) is 2. The van der Waals surface area contributed by atoms with Gasteiger partial charge in [0.1, 0.15) is 22.9 Å². The summed E-state index contributed by atoms with van der Waals surface area (Å²) in [7, 11) is 0. The largest absolute Gasteiger partial charge is 0.478 e. The van der Waals surface area contributed by atoms with E-state index in [4.69, 9.17) is 19.1 Å². The molecule has 33 heavy (non-hydrogen) atoms. The maximum atomic E-state index is 12.8. The number of aliphatic carboxylic acids is 1. The third-order valence-electron chi connectivity index (χ3n) is 4.88. The molecule has 170 valence electrons. The number of fused-ring (bicyclic) bond motifs is 1. The van der Waals surface area contributed by atoms with Gasteiger partial charge in [0.05, 0.1) is 5.56 Å². The van der Waals surface area contributed by atoms with Crippen molar-refractivity contribution in [1.29, 1.82) is 0 Å². The number of nitrogens with zero attached hydrogens (tertiary/aromatic N) is 1. The summed E-state index contributed by atoms with van der Waals surface area (Å²) < 4.78 is 55.0. The number of carboxylic acids is 1. The Hall–Kier alpha value is -4.01. The fourth-order valence-corrected chi connectivity index (χ4v) is 3.06. The number of halogens is 3. The van der Waals surface area contributed by atoms with E-state index in [0.717, 1.165) is 12.1 Å². The van der Waals surface area contributed by atoms with Crippen LogP contribution in [0.15, 0.2) is 71.3 Å². The van der Waals surface area contributed by atoms with Crippen molar-refractivity contribution in [2.75, 3.05) is 0 Å². The Balaban J connectivity index is 1.51. The van der Waals surface area contributed by atoms with Crippen LogP contribution in [0.25, 0.3) is 22.2 Å². The lowest BCUT2D eigenvalue weighted by Gasteiger charge is -2.21. The molecular weight excluding hydrogens is 439 g/mol. The molecule has 3 aromatic carbocycles. The Morgan fingerprint density at radius 3 is 2.12 bits per heavy atom. The van der Waals surface area contributed by atoms with E-state index in [1.807, 2.05) is 0 Å². The van der Waals surface area contributed by atoms with Crippen LogP contribution in [0.1, 0.15) is 19.4 Å². The van der Waals surface area contributed by atoms with E-state index in [-0.39, 0.29) is 0 Å². The second-order valence-electron chi connectivity index (χ2n) is 7.76. The molecule has 9 heteroatoms. The maximum Gasteiger partial charge on any atom is 0.416 e. The summed E-state index contributed by atoms with van der Waals surface area (Å²) in [6, 6.07) is 16.2. The van der Waals surface area contributed by atoms with Gasteiger partial charge >= 0.3 is 12.1 Å². The number of hydrogen-bond acceptors (Lipinski definition) is 5. The molecule has 0 aliphatic carbocycles. The highest BCUT2D eigenvalue weighted by atomic mass is 19.4. The van der Waals surface area contributed by atoms with Gasteiger partial charge in [-0.1, -0.05) is 17.3 Å². The standard InChI is InChI=1S/C24H18F3NO5/c1-23(2,22(29)30)32-17-9-7-16(8-10-17)31-18-11-12-19-20(13-18)33-28-21(19)14-3-5-15(6-4-14)24(25,26)27/h3-13H,1-2H3,(H,29,30). The normalized spacial score (nSPS) is 12.0. The zero-order chi connectivity index (χ0) is 23.8. The van der Waals surface area contributed by atoms with Crippen molar-refractivity contribution in [2.45, 2.75) is 25.6 Å². The van der Waals surface area contributed by atoms with Crippen molar-refractivity contribution in [3.05, 3.63) is 72.3 Å². The molecule has 0 spiro atoms. The Bertz CT molecular complexity index is 1290. The quantitative estimate of drug-likeness (QED) is 0.354. The molecule has 0 atom stereocenters. The summed E-state index contributed by atoms with van der Waals surface area (Å²) in [5.41, 5.74) is -0.781. The fraction of sp³-hybridized carbons (Fsp3) is 0.167. The first-order valence-electron chi connectivity index (χ1n) is 9.80. The fourth-order valence-electron chi connectivity index (χ4n) is 3.06. The molecule has 0 bridgehead atoms. The number of hydrogen-bond donors (Lipinski definition) is 1. The molecule has 0 aliphatic rings. The predicted molar refractivity (Wildman–Crippen MR) is 113 cm³/mol. The van der Waals surface area contributed by atoms with Crippen LogP contribution >= 0.6 is 0 Å². The van der Waals surface area contributed by atoms with E-state index in [9.17, 15) is 18.0 Å². The molecule has 1 heterocycles. The molecule has 0 aliphatic heterocycles. The summed E-state index contributed by atoms with van der Waals surface area (Å²) in [4.78, 5) is 11.2. The van der Waals surface area contributed by atoms with E-state index in [1.54, 1.807) is 42.5 Å². The van der Waals surface area contributed by atoms with Crippen LogP contribution in [0.3, 0.4) is 0 Å². The molecule has 1 N–H and O–H groups in total. The zero-order valence-corrected chi connectivity index (χ0v) is 17.5. The van der Waals surface area contributed by atoms with Crippen molar-refractivity contribution in [2.24, 2.45) is 0 Å². The van der Waals surface area contributed by atoms with E-state index < -0.39 is 23.3 Å². The topological polar surface area (TPSA) is 81.8 Å². The Morgan fingerprint density at radius 1 is 0.909 bits per heavy atom. The Labute approximate surface area is 186 Å². The highest BCUT2D eigenvalue weighted by Gasteiger charge is 2.30. The second-order valence-corrected chi connectivity index (χ2v) is 7.76. The van der Waals surface area contributed by atoms with Crippen LogP contribution < -0.4 is 9.47 Å². The van der Waals surface area contributed by atoms with Crippen LogP contribution in [0.4, 0.5) is 13.2 Å². The third kappa shape index (κ3) is 4.77. The van der Waals surface area contributed by atoms with E-state index in [2.05, 4.69) is 5.16 Å². The summed E-state index contributed by atoms with van der Waals surface area (Å²) in [5, 5.41) is 13.8. The average Bonchev–Trinajstić information content (AvgIpc) is 3.17. The highest BCUT2D eigenvalue weighted by molar-refractivity contribution is 5.92. The molecule has 0 unspecified atom stereocenters. The Kier molecular flexibility index (Phi) is 5.49. The average molecular weight is 457 g/mol. The van der Waals surface area contributed by atoms with Crippen LogP contribution in [0, 0.1) is 0 Å². The second kappa shape index (κ2) is 8.16. The highest BCUT2D eigenvalue weighted by Crippen LogP contribution is 2.35. The number of benzene rings is 3. The third-order valence-corrected chi connectivity index (χ3v) is 4.88. The number of alkyl halides is 3. The molecule has 0 saturated carbocycles. The van der Waals surface area contributed by atoms with Gasteiger partial charge in [-0.05, 0) is 62.4 Å². The van der Waals surface area contributed by atoms with Gasteiger partial charge in [-0.15, -0.1) is 0 Å². The van der Waals surface area contributed by atoms with Gasteiger partial charge in [0.15, 0.2) is 11.2 Å². The summed E-state index contributed by atoms with van der Waals surface area (Å²) in [6.45, 7) is 2.90. The molecule has 4 aromatic rings. The summed E-state index contributed by atoms with van der Waals surface area (Å²) in [5.74, 6) is 0.231.